The number of amides is 1. The Balaban J connectivity index is 1.75. The molecule has 0 unspecified atom stereocenters. The van der Waals surface area contributed by atoms with E-state index >= 15 is 0 Å². The highest BCUT2D eigenvalue weighted by molar-refractivity contribution is 7.98. The van der Waals surface area contributed by atoms with E-state index in [1.54, 1.807) is 22.9 Å². The maximum absolute atomic E-state index is 12.5. The van der Waals surface area contributed by atoms with Crippen molar-refractivity contribution in [2.45, 2.75) is 30.8 Å². The molecule has 0 N–H and O–H groups in total. The van der Waals surface area contributed by atoms with E-state index in [0.29, 0.717) is 29.4 Å². The molecule has 0 radical (unpaired) electrons. The Morgan fingerprint density at radius 1 is 1.32 bits per heavy atom. The van der Waals surface area contributed by atoms with Crippen molar-refractivity contribution in [1.82, 2.24) is 19.7 Å². The van der Waals surface area contributed by atoms with Gasteiger partial charge in [-0.3, -0.25) is 9.36 Å². The Hall–Kier alpha value is -2.80. The summed E-state index contributed by atoms with van der Waals surface area (Å²) in [5.74, 6) is 2.08. The molecule has 0 saturated heterocycles. The Morgan fingerprint density at radius 2 is 2.18 bits per heavy atom. The van der Waals surface area contributed by atoms with E-state index in [-0.39, 0.29) is 5.91 Å². The predicted octanol–water partition coefficient (Wildman–Crippen LogP) is 4.50. The summed E-state index contributed by atoms with van der Waals surface area (Å²) >= 11 is 1.57. The molecular formula is C21H24N4O2S. The van der Waals surface area contributed by atoms with Crippen molar-refractivity contribution in [1.29, 1.82) is 0 Å². The largest absolute Gasteiger partial charge is 0.461 e. The van der Waals surface area contributed by atoms with Gasteiger partial charge in [0.05, 0.1) is 6.26 Å². The highest BCUT2D eigenvalue weighted by Gasteiger charge is 2.16. The third-order valence-electron chi connectivity index (χ3n) is 4.22. The summed E-state index contributed by atoms with van der Waals surface area (Å²) in [6.45, 7) is 7.22. The summed E-state index contributed by atoms with van der Waals surface area (Å²) < 4.78 is 7.43. The average Bonchev–Trinajstić information content (AvgIpc) is 3.36. The summed E-state index contributed by atoms with van der Waals surface area (Å²) in [5, 5.41) is 9.36. The lowest BCUT2D eigenvalue weighted by atomic mass is 10.1. The molecule has 6 nitrogen and oxygen atoms in total. The van der Waals surface area contributed by atoms with Crippen LogP contribution in [0.2, 0.25) is 0 Å². The van der Waals surface area contributed by atoms with E-state index in [9.17, 15) is 4.79 Å². The molecule has 0 aliphatic rings. The smallest absolute Gasteiger partial charge is 0.253 e. The summed E-state index contributed by atoms with van der Waals surface area (Å²) in [4.78, 5) is 14.3. The molecule has 2 heterocycles. The molecule has 3 rings (SSSR count). The lowest BCUT2D eigenvalue weighted by Gasteiger charge is -2.16. The van der Waals surface area contributed by atoms with Gasteiger partial charge in [-0.1, -0.05) is 36.9 Å². The van der Waals surface area contributed by atoms with Crippen LogP contribution in [0.1, 0.15) is 29.3 Å². The molecule has 3 aromatic rings. The van der Waals surface area contributed by atoms with Gasteiger partial charge >= 0.3 is 0 Å². The van der Waals surface area contributed by atoms with Crippen molar-refractivity contribution in [2.24, 2.45) is 0 Å². The first-order chi connectivity index (χ1) is 13.6. The van der Waals surface area contributed by atoms with Crippen LogP contribution in [0.5, 0.6) is 0 Å². The predicted molar refractivity (Wildman–Crippen MR) is 111 cm³/mol. The number of furan rings is 1. The van der Waals surface area contributed by atoms with Crippen molar-refractivity contribution in [2.75, 3.05) is 13.6 Å². The molecule has 0 aliphatic heterocycles. The second-order valence-electron chi connectivity index (χ2n) is 6.40. The molecule has 0 spiro atoms. The fraction of sp³-hybridized carbons (Fsp3) is 0.286. The number of benzene rings is 1. The molecular weight excluding hydrogens is 372 g/mol. The fourth-order valence-corrected chi connectivity index (χ4v) is 3.77. The third kappa shape index (κ3) is 4.54. The van der Waals surface area contributed by atoms with Gasteiger partial charge in [0.2, 0.25) is 5.82 Å². The van der Waals surface area contributed by atoms with Crippen molar-refractivity contribution >= 4 is 17.7 Å². The summed E-state index contributed by atoms with van der Waals surface area (Å²) in [6.07, 6.45) is 4.37. The lowest BCUT2D eigenvalue weighted by Crippen LogP contribution is -2.27. The van der Waals surface area contributed by atoms with E-state index in [1.165, 1.54) is 0 Å². The highest BCUT2D eigenvalue weighted by Crippen LogP contribution is 2.27. The number of thioether (sulfide) groups is 1. The topological polar surface area (TPSA) is 64.2 Å². The number of nitrogens with zero attached hydrogens (tertiary/aromatic N) is 4. The lowest BCUT2D eigenvalue weighted by molar-refractivity contribution is 0.0795. The van der Waals surface area contributed by atoms with Crippen LogP contribution in [-0.4, -0.2) is 39.2 Å². The van der Waals surface area contributed by atoms with Crippen molar-refractivity contribution in [3.05, 3.63) is 66.4 Å². The second-order valence-corrected chi connectivity index (χ2v) is 7.34. The Bertz CT molecular complexity index is 934. The number of carbonyl (C=O) groups is 1. The second kappa shape index (κ2) is 9.41. The van der Waals surface area contributed by atoms with Gasteiger partial charge in [0, 0.05) is 31.5 Å². The molecule has 0 aliphatic carbocycles. The Kier molecular flexibility index (Phi) is 6.71. The molecule has 7 heteroatoms. The molecule has 1 aromatic carbocycles. The van der Waals surface area contributed by atoms with Crippen LogP contribution >= 0.6 is 11.8 Å². The van der Waals surface area contributed by atoms with Crippen LogP contribution in [0.25, 0.3) is 11.6 Å². The summed E-state index contributed by atoms with van der Waals surface area (Å²) in [6, 6.07) is 11.4. The number of aromatic nitrogens is 3. The standard InChI is InChI=1S/C21H24N4O2S/c1-4-11-24(3)20(26)17-9-6-8-16(14-17)15-28-21-23-22-19(25(21)12-5-2)18-10-7-13-27-18/h5-10,13-14H,2,4,11-12,15H2,1,3H3. The van der Waals surface area contributed by atoms with Crippen LogP contribution in [0, 0.1) is 0 Å². The minimum atomic E-state index is 0.0450. The van der Waals surface area contributed by atoms with Crippen molar-refractivity contribution in [3.63, 3.8) is 0 Å². The zero-order chi connectivity index (χ0) is 19.9. The van der Waals surface area contributed by atoms with Gasteiger partial charge in [-0.25, -0.2) is 0 Å². The zero-order valence-electron chi connectivity index (χ0n) is 16.2. The van der Waals surface area contributed by atoms with Gasteiger partial charge in [-0.15, -0.1) is 16.8 Å². The summed E-state index contributed by atoms with van der Waals surface area (Å²) in [7, 11) is 1.83. The first kappa shape index (κ1) is 19.9. The molecule has 28 heavy (non-hydrogen) atoms. The van der Waals surface area contributed by atoms with E-state index in [4.69, 9.17) is 4.42 Å². The van der Waals surface area contributed by atoms with Crippen molar-refractivity contribution in [3.8, 4) is 11.6 Å². The number of carbonyl (C=O) groups excluding carboxylic acids is 1. The van der Waals surface area contributed by atoms with E-state index in [1.807, 2.05) is 54.1 Å². The summed E-state index contributed by atoms with van der Waals surface area (Å²) in [5.41, 5.74) is 1.77. The van der Waals surface area contributed by atoms with E-state index in [0.717, 1.165) is 23.7 Å². The SMILES string of the molecule is C=CCn1c(SCc2cccc(C(=O)N(C)CCC)c2)nnc1-c1ccco1. The van der Waals surface area contributed by atoms with Crippen LogP contribution in [-0.2, 0) is 12.3 Å². The highest BCUT2D eigenvalue weighted by atomic mass is 32.2. The first-order valence-corrected chi connectivity index (χ1v) is 10.2. The monoisotopic (exact) mass is 396 g/mol. The Labute approximate surface area is 169 Å². The molecule has 0 atom stereocenters. The molecule has 146 valence electrons. The molecule has 0 saturated carbocycles. The molecule has 2 aromatic heterocycles. The molecule has 0 bridgehead atoms. The maximum Gasteiger partial charge on any atom is 0.253 e. The van der Waals surface area contributed by atoms with E-state index < -0.39 is 0 Å². The minimum Gasteiger partial charge on any atom is -0.461 e. The van der Waals surface area contributed by atoms with Crippen LogP contribution in [0.3, 0.4) is 0 Å². The van der Waals surface area contributed by atoms with Gasteiger partial charge in [0.1, 0.15) is 0 Å². The van der Waals surface area contributed by atoms with Gasteiger partial charge in [-0.2, -0.15) is 0 Å². The zero-order valence-corrected chi connectivity index (χ0v) is 17.0. The van der Waals surface area contributed by atoms with Crippen molar-refractivity contribution < 1.29 is 9.21 Å². The number of hydrogen-bond donors (Lipinski definition) is 0. The number of hydrogen-bond acceptors (Lipinski definition) is 5. The number of allylic oxidation sites excluding steroid dienone is 1. The van der Waals surface area contributed by atoms with Crippen LogP contribution in [0.15, 0.2) is 64.9 Å². The van der Waals surface area contributed by atoms with Gasteiger partial charge < -0.3 is 9.32 Å². The average molecular weight is 397 g/mol. The van der Waals surface area contributed by atoms with E-state index in [2.05, 4.69) is 23.7 Å². The quantitative estimate of drug-likeness (QED) is 0.394. The number of rotatable bonds is 9. The minimum absolute atomic E-state index is 0.0450. The normalized spacial score (nSPS) is 10.8. The fourth-order valence-electron chi connectivity index (χ4n) is 2.88. The van der Waals surface area contributed by atoms with Crippen LogP contribution < -0.4 is 0 Å². The van der Waals surface area contributed by atoms with Gasteiger partial charge in [-0.05, 0) is 36.2 Å². The maximum atomic E-state index is 12.5. The van der Waals surface area contributed by atoms with Crippen LogP contribution in [0.4, 0.5) is 0 Å². The molecule has 0 fully saturated rings. The van der Waals surface area contributed by atoms with Gasteiger partial charge in [0.15, 0.2) is 10.9 Å². The third-order valence-corrected chi connectivity index (χ3v) is 5.26. The van der Waals surface area contributed by atoms with Gasteiger partial charge in [0.25, 0.3) is 5.91 Å². The Morgan fingerprint density at radius 3 is 2.89 bits per heavy atom. The first-order valence-electron chi connectivity index (χ1n) is 9.19. The molecule has 1 amide bonds.